The smallest absolute Gasteiger partial charge is 0.222 e. The van der Waals surface area contributed by atoms with Gasteiger partial charge in [0.2, 0.25) is 5.91 Å². The molecule has 0 radical (unpaired) electrons. The van der Waals surface area contributed by atoms with Crippen LogP contribution in [0.5, 0.6) is 0 Å². The molecule has 4 nitrogen and oxygen atoms in total. The van der Waals surface area contributed by atoms with Crippen LogP contribution in [0.15, 0.2) is 0 Å². The van der Waals surface area contributed by atoms with Gasteiger partial charge in [-0.25, -0.2) is 0 Å². The molecule has 0 aromatic carbocycles. The number of nitrogens with zero attached hydrogens (tertiary/aromatic N) is 1. The summed E-state index contributed by atoms with van der Waals surface area (Å²) in [6.07, 6.45) is 3.75. The van der Waals surface area contributed by atoms with E-state index in [1.165, 1.54) is 0 Å². The minimum Gasteiger partial charge on any atom is -0.382 e. The van der Waals surface area contributed by atoms with Crippen molar-refractivity contribution in [3.63, 3.8) is 0 Å². The van der Waals surface area contributed by atoms with Crippen molar-refractivity contribution in [2.24, 2.45) is 0 Å². The van der Waals surface area contributed by atoms with Gasteiger partial charge in [0, 0.05) is 38.8 Å². The zero-order valence-corrected chi connectivity index (χ0v) is 10.5. The lowest BCUT2D eigenvalue weighted by molar-refractivity contribution is -0.132. The molecule has 1 rings (SSSR count). The van der Waals surface area contributed by atoms with E-state index in [0.29, 0.717) is 19.1 Å². The summed E-state index contributed by atoms with van der Waals surface area (Å²) in [5.74, 6) is 0.289. The number of carbonyl (C=O) groups is 1. The molecule has 1 N–H and O–H groups in total. The highest BCUT2D eigenvalue weighted by Gasteiger charge is 2.27. The molecular formula is C12H24N2O2. The molecule has 1 aliphatic heterocycles. The van der Waals surface area contributed by atoms with E-state index in [2.05, 4.69) is 5.32 Å². The molecule has 1 amide bonds. The molecule has 0 aromatic heterocycles. The first-order valence-electron chi connectivity index (χ1n) is 6.31. The van der Waals surface area contributed by atoms with Crippen molar-refractivity contribution in [1.82, 2.24) is 10.2 Å². The second-order valence-corrected chi connectivity index (χ2v) is 4.24. The van der Waals surface area contributed by atoms with Gasteiger partial charge in [-0.2, -0.15) is 0 Å². The third-order valence-corrected chi connectivity index (χ3v) is 3.02. The van der Waals surface area contributed by atoms with Gasteiger partial charge < -0.3 is 15.0 Å². The van der Waals surface area contributed by atoms with E-state index in [1.54, 1.807) is 0 Å². The zero-order valence-electron chi connectivity index (χ0n) is 10.5. The number of amides is 1. The van der Waals surface area contributed by atoms with Crippen molar-refractivity contribution in [3.8, 4) is 0 Å². The number of hydrogen-bond donors (Lipinski definition) is 1. The van der Waals surface area contributed by atoms with Crippen molar-refractivity contribution < 1.29 is 9.53 Å². The number of likely N-dealkylation sites (N-methyl/N-ethyl adjacent to an activating group) is 1. The first-order valence-corrected chi connectivity index (χ1v) is 6.31. The third kappa shape index (κ3) is 4.10. The fraction of sp³-hybridized carbons (Fsp3) is 0.917. The van der Waals surface area contributed by atoms with Crippen LogP contribution in [0.1, 0.15) is 32.6 Å². The Morgan fingerprint density at radius 3 is 3.06 bits per heavy atom. The topological polar surface area (TPSA) is 41.6 Å². The lowest BCUT2D eigenvalue weighted by Crippen LogP contribution is -2.40. The Morgan fingerprint density at radius 1 is 1.56 bits per heavy atom. The van der Waals surface area contributed by atoms with E-state index >= 15 is 0 Å². The molecule has 1 aliphatic rings. The molecule has 0 aromatic rings. The van der Waals surface area contributed by atoms with Gasteiger partial charge in [0.15, 0.2) is 0 Å². The minimum atomic E-state index is 0.289. The SMILES string of the molecule is CCOCCCC(=O)N1CCCC1CNC. The molecule has 16 heavy (non-hydrogen) atoms. The molecule has 94 valence electrons. The van der Waals surface area contributed by atoms with Crippen LogP contribution in [0.25, 0.3) is 0 Å². The van der Waals surface area contributed by atoms with Crippen LogP contribution in [0.2, 0.25) is 0 Å². The van der Waals surface area contributed by atoms with E-state index in [9.17, 15) is 4.79 Å². The van der Waals surface area contributed by atoms with Crippen LogP contribution in [-0.4, -0.2) is 50.2 Å². The number of carbonyl (C=O) groups excluding carboxylic acids is 1. The molecule has 1 fully saturated rings. The predicted molar refractivity (Wildman–Crippen MR) is 64.4 cm³/mol. The Balaban J connectivity index is 2.23. The van der Waals surface area contributed by atoms with E-state index < -0.39 is 0 Å². The molecule has 1 unspecified atom stereocenters. The van der Waals surface area contributed by atoms with Gasteiger partial charge in [-0.3, -0.25) is 4.79 Å². The first-order chi connectivity index (χ1) is 7.79. The molecule has 1 heterocycles. The number of likely N-dealkylation sites (tertiary alicyclic amines) is 1. The van der Waals surface area contributed by atoms with E-state index in [-0.39, 0.29) is 5.91 Å². The summed E-state index contributed by atoms with van der Waals surface area (Å²) in [5, 5.41) is 3.15. The van der Waals surface area contributed by atoms with E-state index in [1.807, 2.05) is 18.9 Å². The van der Waals surface area contributed by atoms with Crippen molar-refractivity contribution in [2.45, 2.75) is 38.6 Å². The van der Waals surface area contributed by atoms with Gasteiger partial charge in [-0.1, -0.05) is 0 Å². The predicted octanol–water partition coefficient (Wildman–Crippen LogP) is 1.01. The van der Waals surface area contributed by atoms with Crippen LogP contribution < -0.4 is 5.32 Å². The largest absolute Gasteiger partial charge is 0.382 e. The highest BCUT2D eigenvalue weighted by atomic mass is 16.5. The minimum absolute atomic E-state index is 0.289. The van der Waals surface area contributed by atoms with Crippen molar-refractivity contribution in [1.29, 1.82) is 0 Å². The maximum absolute atomic E-state index is 11.9. The van der Waals surface area contributed by atoms with Crippen LogP contribution in [0, 0.1) is 0 Å². The maximum atomic E-state index is 11.9. The maximum Gasteiger partial charge on any atom is 0.222 e. The summed E-state index contributed by atoms with van der Waals surface area (Å²) in [4.78, 5) is 14.0. The van der Waals surface area contributed by atoms with Crippen LogP contribution >= 0.6 is 0 Å². The molecule has 0 bridgehead atoms. The standard InChI is InChI=1S/C12H24N2O2/c1-3-16-9-5-7-12(15)14-8-4-6-11(14)10-13-2/h11,13H,3-10H2,1-2H3. The van der Waals surface area contributed by atoms with E-state index in [0.717, 1.165) is 39.0 Å². The first kappa shape index (κ1) is 13.5. The van der Waals surface area contributed by atoms with Crippen LogP contribution in [0.3, 0.4) is 0 Å². The van der Waals surface area contributed by atoms with Gasteiger partial charge in [0.25, 0.3) is 0 Å². The second kappa shape index (κ2) is 7.63. The Labute approximate surface area is 98.3 Å². The van der Waals surface area contributed by atoms with Gasteiger partial charge in [-0.05, 0) is 33.2 Å². The quantitative estimate of drug-likeness (QED) is 0.661. The molecular weight excluding hydrogens is 204 g/mol. The molecule has 1 atom stereocenters. The monoisotopic (exact) mass is 228 g/mol. The fourth-order valence-corrected chi connectivity index (χ4v) is 2.23. The number of rotatable bonds is 7. The summed E-state index contributed by atoms with van der Waals surface area (Å²) in [6, 6.07) is 0.407. The fourth-order valence-electron chi connectivity index (χ4n) is 2.23. The third-order valence-electron chi connectivity index (χ3n) is 3.02. The lowest BCUT2D eigenvalue weighted by Gasteiger charge is -2.24. The highest BCUT2D eigenvalue weighted by Crippen LogP contribution is 2.17. The summed E-state index contributed by atoms with van der Waals surface area (Å²) in [6.45, 7) is 5.26. The normalized spacial score (nSPS) is 20.4. The highest BCUT2D eigenvalue weighted by molar-refractivity contribution is 5.76. The Bertz CT molecular complexity index is 209. The van der Waals surface area contributed by atoms with Gasteiger partial charge in [-0.15, -0.1) is 0 Å². The summed E-state index contributed by atoms with van der Waals surface area (Å²) < 4.78 is 5.24. The van der Waals surface area contributed by atoms with Gasteiger partial charge in [0.05, 0.1) is 0 Å². The average molecular weight is 228 g/mol. The second-order valence-electron chi connectivity index (χ2n) is 4.24. The average Bonchev–Trinajstić information content (AvgIpc) is 2.73. The number of nitrogens with one attached hydrogen (secondary N) is 1. The molecule has 1 saturated heterocycles. The zero-order chi connectivity index (χ0) is 11.8. The Morgan fingerprint density at radius 2 is 2.38 bits per heavy atom. The molecule has 4 heteroatoms. The number of ether oxygens (including phenoxy) is 1. The number of hydrogen-bond acceptors (Lipinski definition) is 3. The summed E-state index contributed by atoms with van der Waals surface area (Å²) in [7, 11) is 1.94. The van der Waals surface area contributed by atoms with Crippen molar-refractivity contribution in [3.05, 3.63) is 0 Å². The van der Waals surface area contributed by atoms with Gasteiger partial charge in [0.1, 0.15) is 0 Å². The summed E-state index contributed by atoms with van der Waals surface area (Å²) >= 11 is 0. The lowest BCUT2D eigenvalue weighted by atomic mass is 10.2. The van der Waals surface area contributed by atoms with E-state index in [4.69, 9.17) is 4.74 Å². The Hall–Kier alpha value is -0.610. The molecule has 0 saturated carbocycles. The summed E-state index contributed by atoms with van der Waals surface area (Å²) in [5.41, 5.74) is 0. The van der Waals surface area contributed by atoms with Crippen molar-refractivity contribution in [2.75, 3.05) is 33.4 Å². The molecule has 0 aliphatic carbocycles. The van der Waals surface area contributed by atoms with Crippen LogP contribution in [-0.2, 0) is 9.53 Å². The van der Waals surface area contributed by atoms with Crippen molar-refractivity contribution >= 4 is 5.91 Å². The van der Waals surface area contributed by atoms with Crippen LogP contribution in [0.4, 0.5) is 0 Å². The molecule has 0 spiro atoms. The van der Waals surface area contributed by atoms with Gasteiger partial charge >= 0.3 is 0 Å². The Kier molecular flexibility index (Phi) is 6.42.